The monoisotopic (exact) mass is 555 g/mol. The summed E-state index contributed by atoms with van der Waals surface area (Å²) in [4.78, 5) is 13.2. The van der Waals surface area contributed by atoms with Crippen LogP contribution in [-0.4, -0.2) is 19.1 Å². The number of amides is 1. The van der Waals surface area contributed by atoms with E-state index in [1.807, 2.05) is 48.5 Å². The van der Waals surface area contributed by atoms with Crippen molar-refractivity contribution in [3.63, 3.8) is 0 Å². The number of rotatable bonds is 8. The highest BCUT2D eigenvalue weighted by atomic mass is 31.2. The van der Waals surface area contributed by atoms with Gasteiger partial charge in [0.15, 0.2) is 5.78 Å². The normalized spacial score (nSPS) is 12.2. The van der Waals surface area contributed by atoms with Gasteiger partial charge in [0.25, 0.3) is 0 Å². The largest absolute Gasteiger partial charge is 0.673 e. The van der Waals surface area contributed by atoms with Crippen LogP contribution in [0, 0.1) is 5.92 Å². The van der Waals surface area contributed by atoms with Gasteiger partial charge in [0.2, 0.25) is 0 Å². The van der Waals surface area contributed by atoms with Crippen LogP contribution >= 0.6 is 7.26 Å². The Morgan fingerprint density at radius 1 is 0.692 bits per heavy atom. The van der Waals surface area contributed by atoms with Crippen LogP contribution in [0.1, 0.15) is 19.4 Å². The molecule has 4 aromatic carbocycles. The second-order valence-corrected chi connectivity index (χ2v) is 12.7. The maximum Gasteiger partial charge on any atom is 0.673 e. The quantitative estimate of drug-likeness (QED) is 0.142. The summed E-state index contributed by atoms with van der Waals surface area (Å²) >= 11 is 0. The van der Waals surface area contributed by atoms with Gasteiger partial charge >= 0.3 is 13.3 Å². The van der Waals surface area contributed by atoms with Crippen molar-refractivity contribution in [1.82, 2.24) is 5.32 Å². The molecule has 39 heavy (non-hydrogen) atoms. The molecule has 0 spiro atoms. The fraction of sp³-hybridized carbons (Fsp3) is 0.167. The molecule has 0 radical (unpaired) electrons. The Bertz CT molecular complexity index is 1180. The number of ether oxygens (including phenoxy) is 1. The van der Waals surface area contributed by atoms with E-state index in [1.54, 1.807) is 0 Å². The first-order valence-electron chi connectivity index (χ1n) is 12.5. The van der Waals surface area contributed by atoms with Crippen LogP contribution in [0.4, 0.5) is 22.1 Å². The molecule has 204 valence electrons. The molecule has 3 nitrogen and oxygen atoms in total. The van der Waals surface area contributed by atoms with Crippen molar-refractivity contribution in [2.45, 2.75) is 26.2 Å². The first-order chi connectivity index (χ1) is 18.6. The van der Waals surface area contributed by atoms with Crippen LogP contribution in [0.15, 0.2) is 121 Å². The van der Waals surface area contributed by atoms with Crippen molar-refractivity contribution in [3.05, 3.63) is 127 Å². The molecule has 0 bridgehead atoms. The zero-order valence-electron chi connectivity index (χ0n) is 21.8. The SMILES string of the molecule is CC(C)[C@@H](NC(=O)OCc1ccccc1)[P+](c1ccccc1)(c1ccccc1)c1ccccc1.F[B-](F)(F)F. The Kier molecular flexibility index (Phi) is 10.7. The Morgan fingerprint density at radius 3 is 1.36 bits per heavy atom. The molecule has 0 aliphatic rings. The molecule has 1 N–H and O–H groups in total. The summed E-state index contributed by atoms with van der Waals surface area (Å²) in [6.45, 7) is 4.59. The fourth-order valence-electron chi connectivity index (χ4n) is 4.51. The Labute approximate surface area is 227 Å². The maximum atomic E-state index is 13.2. The van der Waals surface area contributed by atoms with Crippen molar-refractivity contribution < 1.29 is 26.8 Å². The molecule has 0 heterocycles. The molecule has 0 saturated heterocycles. The molecule has 4 rings (SSSR count). The average molecular weight is 555 g/mol. The van der Waals surface area contributed by atoms with Crippen LogP contribution in [0.3, 0.4) is 0 Å². The highest BCUT2D eigenvalue weighted by Crippen LogP contribution is 2.60. The zero-order valence-corrected chi connectivity index (χ0v) is 22.7. The number of carbonyl (C=O) groups excluding carboxylic acids is 1. The van der Waals surface area contributed by atoms with E-state index in [1.165, 1.54) is 15.9 Å². The van der Waals surface area contributed by atoms with Gasteiger partial charge in [-0.25, -0.2) is 4.79 Å². The third-order valence-electron chi connectivity index (χ3n) is 6.02. The molecule has 0 unspecified atom stereocenters. The van der Waals surface area contributed by atoms with E-state index in [2.05, 4.69) is 92.0 Å². The van der Waals surface area contributed by atoms with Gasteiger partial charge in [-0.3, -0.25) is 5.32 Å². The van der Waals surface area contributed by atoms with Gasteiger partial charge in [-0.1, -0.05) is 98.8 Å². The number of nitrogens with one attached hydrogen (secondary N) is 1. The molecule has 9 heteroatoms. The predicted molar refractivity (Wildman–Crippen MR) is 154 cm³/mol. The predicted octanol–water partition coefficient (Wildman–Crippen LogP) is 7.19. The number of hydrogen-bond donors (Lipinski definition) is 1. The summed E-state index contributed by atoms with van der Waals surface area (Å²) in [6, 6.07) is 41.6. The molecule has 1 atom stereocenters. The number of benzene rings is 4. The lowest BCUT2D eigenvalue weighted by Crippen LogP contribution is -2.50. The van der Waals surface area contributed by atoms with Gasteiger partial charge < -0.3 is 22.0 Å². The van der Waals surface area contributed by atoms with Gasteiger partial charge in [-0.15, -0.1) is 0 Å². The van der Waals surface area contributed by atoms with Gasteiger partial charge in [0, 0.05) is 5.92 Å². The van der Waals surface area contributed by atoms with E-state index in [4.69, 9.17) is 4.74 Å². The highest BCUT2D eigenvalue weighted by molar-refractivity contribution is 7.96. The summed E-state index contributed by atoms with van der Waals surface area (Å²) in [7, 11) is -8.28. The van der Waals surface area contributed by atoms with Crippen molar-refractivity contribution in [3.8, 4) is 0 Å². The van der Waals surface area contributed by atoms with Crippen molar-refractivity contribution in [2.75, 3.05) is 0 Å². The summed E-state index contributed by atoms with van der Waals surface area (Å²) in [5.41, 5.74) is 0.967. The van der Waals surface area contributed by atoms with Crippen LogP contribution in [-0.2, 0) is 11.3 Å². The minimum Gasteiger partial charge on any atom is -0.445 e. The molecule has 0 aliphatic carbocycles. The number of hydrogen-bond acceptors (Lipinski definition) is 2. The second kappa shape index (κ2) is 14.0. The number of alkyl carbamates (subject to hydrolysis) is 1. The Morgan fingerprint density at radius 2 is 1.03 bits per heavy atom. The molecular weight excluding hydrogens is 524 g/mol. The Balaban J connectivity index is 0.000000771. The van der Waals surface area contributed by atoms with Crippen molar-refractivity contribution in [1.29, 1.82) is 0 Å². The van der Waals surface area contributed by atoms with Gasteiger partial charge in [0.05, 0.1) is 0 Å². The number of carbonyl (C=O) groups is 1. The molecule has 0 aromatic heterocycles. The van der Waals surface area contributed by atoms with E-state index in [0.29, 0.717) is 0 Å². The minimum atomic E-state index is -6.00. The molecule has 0 aliphatic heterocycles. The van der Waals surface area contributed by atoms with Crippen LogP contribution in [0.5, 0.6) is 0 Å². The molecule has 0 saturated carbocycles. The van der Waals surface area contributed by atoms with Crippen molar-refractivity contribution >= 4 is 36.5 Å². The smallest absolute Gasteiger partial charge is 0.445 e. The highest BCUT2D eigenvalue weighted by Gasteiger charge is 2.54. The summed E-state index contributed by atoms with van der Waals surface area (Å²) in [6.07, 6.45) is -0.394. The van der Waals surface area contributed by atoms with E-state index >= 15 is 0 Å². The fourth-order valence-corrected chi connectivity index (χ4v) is 9.49. The maximum absolute atomic E-state index is 13.2. The first kappa shape index (κ1) is 29.9. The van der Waals surface area contributed by atoms with Gasteiger partial charge in [-0.05, 0) is 42.0 Å². The zero-order chi connectivity index (χ0) is 28.3. The Hall–Kier alpha value is -3.64. The average Bonchev–Trinajstić information content (AvgIpc) is 2.93. The van der Waals surface area contributed by atoms with Crippen LogP contribution in [0.2, 0.25) is 0 Å². The van der Waals surface area contributed by atoms with Gasteiger partial charge in [-0.2, -0.15) is 0 Å². The lowest BCUT2D eigenvalue weighted by atomic mass is 10.2. The van der Waals surface area contributed by atoms with Crippen LogP contribution < -0.4 is 21.2 Å². The van der Waals surface area contributed by atoms with Gasteiger partial charge in [0.1, 0.15) is 29.8 Å². The van der Waals surface area contributed by atoms with Crippen molar-refractivity contribution in [2.24, 2.45) is 5.92 Å². The molecule has 4 aromatic rings. The van der Waals surface area contributed by atoms with E-state index in [-0.39, 0.29) is 18.3 Å². The molecule has 1 amide bonds. The third kappa shape index (κ3) is 8.43. The standard InChI is InChI=1S/C30H30NO2P.BF4/c1-24(2)29(31-30(32)33-23-25-15-7-3-8-16-25)34(26-17-9-4-10-18-26,27-19-11-5-12-20-27)28-21-13-6-14-22-28;2-1(3,4)5/h3-22,24,29H,23H2,1-2H3;/q;-1/p+1/t29-;/m0./s1. The summed E-state index contributed by atoms with van der Waals surface area (Å²) < 4.78 is 44.7. The van der Waals surface area contributed by atoms with Crippen LogP contribution in [0.25, 0.3) is 0 Å². The lowest BCUT2D eigenvalue weighted by molar-refractivity contribution is 0.137. The lowest BCUT2D eigenvalue weighted by Gasteiger charge is -2.36. The van der Waals surface area contributed by atoms with E-state index in [0.717, 1.165) is 5.56 Å². The summed E-state index contributed by atoms with van der Waals surface area (Å²) in [5, 5.41) is 7.00. The van der Waals surface area contributed by atoms with E-state index in [9.17, 15) is 22.1 Å². The molecular formula is C30H31BF4NO2P. The molecule has 0 fully saturated rings. The number of halogens is 4. The second-order valence-electron chi connectivity index (χ2n) is 9.12. The third-order valence-corrected chi connectivity index (χ3v) is 10.9. The minimum absolute atomic E-state index is 0.150. The van der Waals surface area contributed by atoms with E-state index < -0.39 is 20.6 Å². The summed E-state index contributed by atoms with van der Waals surface area (Å²) in [5.74, 6) is 0.0150. The first-order valence-corrected chi connectivity index (χ1v) is 14.4. The topological polar surface area (TPSA) is 38.3 Å².